The third-order valence-electron chi connectivity index (χ3n) is 4.40. The van der Waals surface area contributed by atoms with Crippen LogP contribution < -0.4 is 14.9 Å². The van der Waals surface area contributed by atoms with Crippen molar-refractivity contribution in [2.45, 2.75) is 33.4 Å². The average Bonchev–Trinajstić information content (AvgIpc) is 3.05. The zero-order chi connectivity index (χ0) is 19.2. The highest BCUT2D eigenvalue weighted by molar-refractivity contribution is 7.71. The van der Waals surface area contributed by atoms with E-state index >= 15 is 0 Å². The summed E-state index contributed by atoms with van der Waals surface area (Å²) >= 11 is 5.29. The van der Waals surface area contributed by atoms with Gasteiger partial charge in [0.15, 0.2) is 17.3 Å². The smallest absolute Gasteiger partial charge is 0.214 e. The second-order valence-electron chi connectivity index (χ2n) is 6.13. The van der Waals surface area contributed by atoms with Crippen LogP contribution in [-0.4, -0.2) is 22.0 Å². The SMILES string of the molecule is CCc1n[nH]c(=S)n1NCc1cccc(OC)c1OCc1ccccc1C. The number of rotatable bonds is 8. The molecule has 2 N–H and O–H groups in total. The normalized spacial score (nSPS) is 10.6. The van der Waals surface area contributed by atoms with E-state index in [9.17, 15) is 0 Å². The molecule has 142 valence electrons. The molecule has 3 aromatic rings. The highest BCUT2D eigenvalue weighted by Gasteiger charge is 2.12. The first kappa shape index (κ1) is 19.0. The van der Waals surface area contributed by atoms with Crippen LogP contribution in [0, 0.1) is 11.7 Å². The molecule has 0 fully saturated rings. The molecule has 1 aromatic heterocycles. The standard InChI is InChI=1S/C20H24N4O2S/c1-4-18-22-23-20(27)24(18)21-12-15-10-7-11-17(25-3)19(15)26-13-16-9-6-5-8-14(16)2/h5-11,21H,4,12-13H2,1-3H3,(H,23,27). The number of aromatic nitrogens is 3. The molecule has 27 heavy (non-hydrogen) atoms. The zero-order valence-corrected chi connectivity index (χ0v) is 16.6. The third kappa shape index (κ3) is 4.31. The number of ether oxygens (including phenoxy) is 2. The lowest BCUT2D eigenvalue weighted by atomic mass is 10.1. The molecule has 6 nitrogen and oxygen atoms in total. The molecule has 0 aliphatic rings. The molecule has 2 aromatic carbocycles. The molecule has 0 spiro atoms. The Morgan fingerprint density at radius 1 is 1.15 bits per heavy atom. The van der Waals surface area contributed by atoms with Crippen LogP contribution in [0.1, 0.15) is 29.4 Å². The van der Waals surface area contributed by atoms with Gasteiger partial charge in [-0.05, 0) is 36.3 Å². The molecule has 7 heteroatoms. The summed E-state index contributed by atoms with van der Waals surface area (Å²) < 4.78 is 14.0. The monoisotopic (exact) mass is 384 g/mol. The first-order valence-electron chi connectivity index (χ1n) is 8.87. The van der Waals surface area contributed by atoms with Crippen LogP contribution in [0.4, 0.5) is 0 Å². The van der Waals surface area contributed by atoms with E-state index in [4.69, 9.17) is 21.7 Å². The minimum Gasteiger partial charge on any atom is -0.493 e. The van der Waals surface area contributed by atoms with E-state index in [0.717, 1.165) is 29.1 Å². The van der Waals surface area contributed by atoms with E-state index < -0.39 is 0 Å². The summed E-state index contributed by atoms with van der Waals surface area (Å²) in [7, 11) is 1.65. The Morgan fingerprint density at radius 2 is 1.93 bits per heavy atom. The number of H-pyrrole nitrogens is 1. The Morgan fingerprint density at radius 3 is 2.67 bits per heavy atom. The second-order valence-corrected chi connectivity index (χ2v) is 6.52. The van der Waals surface area contributed by atoms with Gasteiger partial charge in [-0.2, -0.15) is 5.10 Å². The Kier molecular flexibility index (Phi) is 6.13. The first-order valence-corrected chi connectivity index (χ1v) is 9.28. The average molecular weight is 385 g/mol. The fraction of sp³-hybridized carbons (Fsp3) is 0.300. The Balaban J connectivity index is 1.82. The zero-order valence-electron chi connectivity index (χ0n) is 15.8. The minimum atomic E-state index is 0.478. The van der Waals surface area contributed by atoms with Gasteiger partial charge < -0.3 is 14.9 Å². The number of hydrogen-bond donors (Lipinski definition) is 2. The van der Waals surface area contributed by atoms with E-state index in [-0.39, 0.29) is 0 Å². The van der Waals surface area contributed by atoms with Gasteiger partial charge in [-0.1, -0.05) is 43.3 Å². The molecule has 0 saturated heterocycles. The van der Waals surface area contributed by atoms with E-state index in [2.05, 4.69) is 34.7 Å². The van der Waals surface area contributed by atoms with Crippen molar-refractivity contribution in [2.75, 3.05) is 12.5 Å². The number of aryl methyl sites for hydroxylation is 2. The van der Waals surface area contributed by atoms with Gasteiger partial charge in [0.05, 0.1) is 13.7 Å². The van der Waals surface area contributed by atoms with Crippen molar-refractivity contribution in [3.63, 3.8) is 0 Å². The van der Waals surface area contributed by atoms with Crippen molar-refractivity contribution in [3.05, 3.63) is 69.8 Å². The van der Waals surface area contributed by atoms with E-state index in [1.165, 1.54) is 5.56 Å². The van der Waals surface area contributed by atoms with Crippen LogP contribution in [0.2, 0.25) is 0 Å². The van der Waals surface area contributed by atoms with Crippen molar-refractivity contribution >= 4 is 12.2 Å². The Bertz CT molecular complexity index is 965. The van der Waals surface area contributed by atoms with E-state index in [0.29, 0.717) is 23.7 Å². The number of hydrogen-bond acceptors (Lipinski definition) is 5. The van der Waals surface area contributed by atoms with E-state index in [1.54, 1.807) is 11.8 Å². The lowest BCUT2D eigenvalue weighted by Crippen LogP contribution is -2.18. The number of nitrogens with one attached hydrogen (secondary N) is 2. The first-order chi connectivity index (χ1) is 13.1. The number of methoxy groups -OCH3 is 1. The third-order valence-corrected chi connectivity index (χ3v) is 4.67. The van der Waals surface area contributed by atoms with Crippen LogP contribution >= 0.6 is 12.2 Å². The second kappa shape index (κ2) is 8.73. The lowest BCUT2D eigenvalue weighted by Gasteiger charge is -2.17. The summed E-state index contributed by atoms with van der Waals surface area (Å²) in [6.45, 7) is 5.12. The van der Waals surface area contributed by atoms with Crippen molar-refractivity contribution in [1.82, 2.24) is 14.9 Å². The van der Waals surface area contributed by atoms with Gasteiger partial charge in [0.2, 0.25) is 4.77 Å². The van der Waals surface area contributed by atoms with Crippen LogP contribution in [0.15, 0.2) is 42.5 Å². The van der Waals surface area contributed by atoms with Gasteiger partial charge in [0.25, 0.3) is 0 Å². The summed E-state index contributed by atoms with van der Waals surface area (Å²) in [5.74, 6) is 2.28. The summed E-state index contributed by atoms with van der Waals surface area (Å²) in [6, 6.07) is 14.1. The van der Waals surface area contributed by atoms with Gasteiger partial charge in [-0.3, -0.25) is 5.10 Å². The maximum atomic E-state index is 6.16. The quantitative estimate of drug-likeness (QED) is 0.572. The summed E-state index contributed by atoms with van der Waals surface area (Å²) in [5.41, 5.74) is 6.64. The van der Waals surface area contributed by atoms with Gasteiger partial charge in [0, 0.05) is 12.0 Å². The molecule has 0 atom stereocenters. The van der Waals surface area contributed by atoms with Gasteiger partial charge in [0.1, 0.15) is 6.61 Å². The largest absolute Gasteiger partial charge is 0.493 e. The van der Waals surface area contributed by atoms with Crippen LogP contribution in [0.5, 0.6) is 11.5 Å². The molecular formula is C20H24N4O2S. The molecule has 0 radical (unpaired) electrons. The number of para-hydroxylation sites is 1. The highest BCUT2D eigenvalue weighted by atomic mass is 32.1. The summed E-state index contributed by atoms with van der Waals surface area (Å²) in [4.78, 5) is 0. The van der Waals surface area contributed by atoms with Gasteiger partial charge >= 0.3 is 0 Å². The Hall–Kier alpha value is -2.80. The molecule has 3 rings (SSSR count). The molecule has 0 aliphatic heterocycles. The maximum Gasteiger partial charge on any atom is 0.214 e. The number of benzene rings is 2. The molecular weight excluding hydrogens is 360 g/mol. The summed E-state index contributed by atoms with van der Waals surface area (Å²) in [6.07, 6.45) is 0.773. The molecule has 0 unspecified atom stereocenters. The fourth-order valence-corrected chi connectivity index (χ4v) is 3.06. The molecule has 0 amide bonds. The maximum absolute atomic E-state index is 6.16. The van der Waals surface area contributed by atoms with Crippen molar-refractivity contribution < 1.29 is 9.47 Å². The minimum absolute atomic E-state index is 0.478. The van der Waals surface area contributed by atoms with E-state index in [1.807, 2.05) is 37.3 Å². The van der Waals surface area contributed by atoms with Gasteiger partial charge in [-0.25, -0.2) is 4.68 Å². The number of aromatic amines is 1. The van der Waals surface area contributed by atoms with Crippen LogP contribution in [0.3, 0.4) is 0 Å². The van der Waals surface area contributed by atoms with Crippen LogP contribution in [-0.2, 0) is 19.6 Å². The molecule has 1 heterocycles. The molecule has 0 saturated carbocycles. The van der Waals surface area contributed by atoms with Crippen molar-refractivity contribution in [1.29, 1.82) is 0 Å². The van der Waals surface area contributed by atoms with Crippen molar-refractivity contribution in [2.24, 2.45) is 0 Å². The molecule has 0 bridgehead atoms. The highest BCUT2D eigenvalue weighted by Crippen LogP contribution is 2.32. The van der Waals surface area contributed by atoms with Crippen LogP contribution in [0.25, 0.3) is 0 Å². The lowest BCUT2D eigenvalue weighted by molar-refractivity contribution is 0.281. The predicted molar refractivity (Wildman–Crippen MR) is 108 cm³/mol. The predicted octanol–water partition coefficient (Wildman–Crippen LogP) is 4.14. The summed E-state index contributed by atoms with van der Waals surface area (Å²) in [5, 5.41) is 7.03. The topological polar surface area (TPSA) is 64.1 Å². The van der Waals surface area contributed by atoms with Gasteiger partial charge in [-0.15, -0.1) is 0 Å². The Labute approximate surface area is 164 Å². The molecule has 0 aliphatic carbocycles. The van der Waals surface area contributed by atoms with Crippen molar-refractivity contribution in [3.8, 4) is 11.5 Å². The number of nitrogens with zero attached hydrogens (tertiary/aromatic N) is 2. The fourth-order valence-electron chi connectivity index (χ4n) is 2.84.